The summed E-state index contributed by atoms with van der Waals surface area (Å²) in [4.78, 5) is 12.5. The van der Waals surface area contributed by atoms with Crippen molar-refractivity contribution in [2.75, 3.05) is 56.2 Å². The summed E-state index contributed by atoms with van der Waals surface area (Å²) < 4.78 is 50.7. The van der Waals surface area contributed by atoms with Crippen LogP contribution in [0.1, 0.15) is 5.56 Å². The summed E-state index contributed by atoms with van der Waals surface area (Å²) in [6, 6.07) is 12.5. The van der Waals surface area contributed by atoms with Gasteiger partial charge in [0.1, 0.15) is 18.5 Å². The highest BCUT2D eigenvalue weighted by Gasteiger charge is 2.31. The first-order chi connectivity index (χ1) is 18.7. The molecule has 1 unspecified atom stereocenters. The second kappa shape index (κ2) is 13.0. The topological polar surface area (TPSA) is 83.0 Å². The molecule has 0 aliphatic carbocycles. The smallest absolute Gasteiger partial charge is 0.416 e. The molecule has 1 aliphatic heterocycles. The van der Waals surface area contributed by atoms with Crippen LogP contribution in [-0.4, -0.2) is 72.0 Å². The van der Waals surface area contributed by atoms with Gasteiger partial charge in [-0.3, -0.25) is 4.90 Å². The van der Waals surface area contributed by atoms with Crippen LogP contribution in [-0.2, 0) is 6.18 Å². The highest BCUT2D eigenvalue weighted by Crippen LogP contribution is 2.32. The van der Waals surface area contributed by atoms with E-state index in [0.29, 0.717) is 60.5 Å². The van der Waals surface area contributed by atoms with Gasteiger partial charge in [-0.1, -0.05) is 12.0 Å². The van der Waals surface area contributed by atoms with E-state index in [2.05, 4.69) is 42.0 Å². The third-order valence-corrected chi connectivity index (χ3v) is 6.48. The second-order valence-electron chi connectivity index (χ2n) is 8.79. The van der Waals surface area contributed by atoms with E-state index < -0.39 is 17.8 Å². The van der Waals surface area contributed by atoms with Crippen LogP contribution in [0.5, 0.6) is 11.6 Å². The molecular weight excluding hydrogens is 579 g/mol. The third-order valence-electron chi connectivity index (χ3n) is 5.94. The van der Waals surface area contributed by atoms with Gasteiger partial charge in [0.15, 0.2) is 6.61 Å². The van der Waals surface area contributed by atoms with Gasteiger partial charge in [-0.15, -0.1) is 6.42 Å². The van der Waals surface area contributed by atoms with E-state index >= 15 is 0 Å². The lowest BCUT2D eigenvalue weighted by Crippen LogP contribution is -2.49. The Morgan fingerprint density at radius 2 is 1.85 bits per heavy atom. The highest BCUT2D eigenvalue weighted by atomic mass is 79.9. The lowest BCUT2D eigenvalue weighted by Gasteiger charge is -2.37. The largest absolute Gasteiger partial charge is 0.491 e. The van der Waals surface area contributed by atoms with E-state index in [4.69, 9.17) is 15.9 Å². The van der Waals surface area contributed by atoms with Crippen molar-refractivity contribution in [1.82, 2.24) is 14.9 Å². The van der Waals surface area contributed by atoms with Crippen LogP contribution in [0.3, 0.4) is 0 Å². The van der Waals surface area contributed by atoms with E-state index in [1.165, 1.54) is 12.1 Å². The van der Waals surface area contributed by atoms with Crippen molar-refractivity contribution in [2.24, 2.45) is 0 Å². The quantitative estimate of drug-likeness (QED) is 0.325. The standard InChI is InChI=1S/C27H27BrF3N5O3/c1-2-14-38-25-24(28)16-32-26(34-25)33-20-6-8-23(9-7-20)39-18-22(37)17-35-10-12-36(13-11-35)21-5-3-4-19(15-21)27(29,30)31/h1,3-9,15-16,22,37H,10-14,17-18H2,(H,32,33,34). The van der Waals surface area contributed by atoms with Gasteiger partial charge in [0.2, 0.25) is 11.8 Å². The molecule has 0 radical (unpaired) electrons. The Morgan fingerprint density at radius 3 is 2.54 bits per heavy atom. The number of hydrogen-bond donors (Lipinski definition) is 2. The zero-order chi connectivity index (χ0) is 27.8. The van der Waals surface area contributed by atoms with E-state index in [-0.39, 0.29) is 13.2 Å². The molecule has 12 heteroatoms. The molecule has 0 amide bonds. The van der Waals surface area contributed by atoms with Crippen molar-refractivity contribution in [3.63, 3.8) is 0 Å². The number of nitrogens with zero attached hydrogens (tertiary/aromatic N) is 4. The number of benzene rings is 2. The minimum Gasteiger partial charge on any atom is -0.491 e. The lowest BCUT2D eigenvalue weighted by molar-refractivity contribution is -0.137. The van der Waals surface area contributed by atoms with Crippen molar-refractivity contribution in [2.45, 2.75) is 12.3 Å². The van der Waals surface area contributed by atoms with E-state index in [1.807, 2.05) is 4.90 Å². The molecule has 0 spiro atoms. The van der Waals surface area contributed by atoms with Crippen molar-refractivity contribution in [1.29, 1.82) is 0 Å². The normalized spacial score (nSPS) is 14.9. The maximum Gasteiger partial charge on any atom is 0.416 e. The Morgan fingerprint density at radius 1 is 1.10 bits per heavy atom. The number of aliphatic hydroxyl groups is 1. The van der Waals surface area contributed by atoms with Crippen LogP contribution in [0.2, 0.25) is 0 Å². The monoisotopic (exact) mass is 605 g/mol. The number of nitrogens with one attached hydrogen (secondary N) is 1. The number of hydrogen-bond acceptors (Lipinski definition) is 8. The molecule has 39 heavy (non-hydrogen) atoms. The molecule has 1 saturated heterocycles. The van der Waals surface area contributed by atoms with Gasteiger partial charge < -0.3 is 24.8 Å². The number of aliphatic hydroxyl groups excluding tert-OH is 1. The SMILES string of the molecule is C#CCOc1nc(Nc2ccc(OCC(O)CN3CCN(c4cccc(C(F)(F)F)c4)CC3)cc2)ncc1Br. The molecule has 0 bridgehead atoms. The van der Waals surface area contributed by atoms with Crippen molar-refractivity contribution in [3.05, 3.63) is 64.8 Å². The molecule has 3 aromatic rings. The minimum atomic E-state index is -4.37. The second-order valence-corrected chi connectivity index (χ2v) is 9.64. The van der Waals surface area contributed by atoms with Crippen molar-refractivity contribution < 1.29 is 27.8 Å². The first-order valence-electron chi connectivity index (χ1n) is 12.1. The zero-order valence-electron chi connectivity index (χ0n) is 20.9. The Kier molecular flexibility index (Phi) is 9.50. The molecule has 1 aliphatic rings. The van der Waals surface area contributed by atoms with Crippen molar-refractivity contribution >= 4 is 33.3 Å². The average molecular weight is 606 g/mol. The third kappa shape index (κ3) is 8.23. The predicted octanol–water partition coefficient (Wildman–Crippen LogP) is 4.58. The van der Waals surface area contributed by atoms with Gasteiger partial charge in [0, 0.05) is 44.1 Å². The molecule has 2 aromatic carbocycles. The van der Waals surface area contributed by atoms with Gasteiger partial charge >= 0.3 is 6.18 Å². The molecule has 4 rings (SSSR count). The number of ether oxygens (including phenoxy) is 2. The maximum atomic E-state index is 13.0. The Hall–Kier alpha value is -3.53. The van der Waals surface area contributed by atoms with Gasteiger partial charge in [0.05, 0.1) is 16.2 Å². The Balaban J connectivity index is 1.21. The summed E-state index contributed by atoms with van der Waals surface area (Å²) in [5.41, 5.74) is 0.628. The number of rotatable bonds is 10. The lowest BCUT2D eigenvalue weighted by atomic mass is 10.1. The predicted molar refractivity (Wildman–Crippen MR) is 145 cm³/mol. The van der Waals surface area contributed by atoms with E-state index in [1.54, 1.807) is 36.5 Å². The molecule has 1 fully saturated rings. The van der Waals surface area contributed by atoms with Gasteiger partial charge in [-0.05, 0) is 58.4 Å². The van der Waals surface area contributed by atoms with E-state index in [0.717, 1.165) is 11.8 Å². The van der Waals surface area contributed by atoms with E-state index in [9.17, 15) is 18.3 Å². The van der Waals surface area contributed by atoms with Crippen LogP contribution < -0.4 is 19.7 Å². The fourth-order valence-corrected chi connectivity index (χ4v) is 4.30. The highest BCUT2D eigenvalue weighted by molar-refractivity contribution is 9.10. The molecule has 0 saturated carbocycles. The summed E-state index contributed by atoms with van der Waals surface area (Å²) >= 11 is 3.31. The van der Waals surface area contributed by atoms with Crippen LogP contribution in [0.15, 0.2) is 59.2 Å². The molecule has 1 atom stereocenters. The summed E-state index contributed by atoms with van der Waals surface area (Å²) in [5, 5.41) is 13.5. The first-order valence-corrected chi connectivity index (χ1v) is 12.9. The fraction of sp³-hybridized carbons (Fsp3) is 0.333. The van der Waals surface area contributed by atoms with Gasteiger partial charge in [-0.2, -0.15) is 18.2 Å². The molecular formula is C27H27BrF3N5O3. The number of aromatic nitrogens is 2. The van der Waals surface area contributed by atoms with Crippen LogP contribution in [0, 0.1) is 12.3 Å². The molecule has 206 valence electrons. The molecule has 8 nitrogen and oxygen atoms in total. The number of alkyl halides is 3. The molecule has 1 aromatic heterocycles. The first kappa shape index (κ1) is 28.5. The molecule has 2 N–H and O–H groups in total. The fourth-order valence-electron chi connectivity index (χ4n) is 4.00. The number of halogens is 4. The Bertz CT molecular complexity index is 1280. The van der Waals surface area contributed by atoms with Gasteiger partial charge in [0.25, 0.3) is 0 Å². The maximum absolute atomic E-state index is 13.0. The van der Waals surface area contributed by atoms with Crippen molar-refractivity contribution in [3.8, 4) is 24.0 Å². The van der Waals surface area contributed by atoms with Crippen LogP contribution in [0.4, 0.5) is 30.5 Å². The molecule has 2 heterocycles. The summed E-state index contributed by atoms with van der Waals surface area (Å²) in [6.07, 6.45) is 1.70. The summed E-state index contributed by atoms with van der Waals surface area (Å²) in [6.45, 7) is 2.99. The minimum absolute atomic E-state index is 0.0863. The number of piperazine rings is 1. The zero-order valence-corrected chi connectivity index (χ0v) is 22.5. The summed E-state index contributed by atoms with van der Waals surface area (Å²) in [7, 11) is 0. The van der Waals surface area contributed by atoms with Crippen LogP contribution >= 0.6 is 15.9 Å². The average Bonchev–Trinajstić information content (AvgIpc) is 2.93. The van der Waals surface area contributed by atoms with Gasteiger partial charge in [-0.25, -0.2) is 4.98 Å². The number of anilines is 3. The number of β-amino-alcohol motifs (C(OH)–C–C–N with tert-alkyl or cyclic N) is 1. The summed E-state index contributed by atoms with van der Waals surface area (Å²) in [5.74, 6) is 3.64. The Labute approximate surface area is 232 Å². The number of terminal acetylenes is 1. The van der Waals surface area contributed by atoms with Crippen LogP contribution in [0.25, 0.3) is 0 Å².